The summed E-state index contributed by atoms with van der Waals surface area (Å²) in [6, 6.07) is 0. The Morgan fingerprint density at radius 2 is 1.88 bits per heavy atom. The zero-order valence-electron chi connectivity index (χ0n) is 10.7. The van der Waals surface area contributed by atoms with Crippen LogP contribution in [0.15, 0.2) is 0 Å². The van der Waals surface area contributed by atoms with Crippen molar-refractivity contribution in [3.8, 4) is 0 Å². The van der Waals surface area contributed by atoms with E-state index in [0.29, 0.717) is 5.56 Å². The molecule has 0 fully saturated rings. The molecule has 0 aromatic carbocycles. The van der Waals surface area contributed by atoms with E-state index in [0.717, 1.165) is 5.82 Å². The third kappa shape index (κ3) is 2.03. The second-order valence-corrected chi connectivity index (χ2v) is 5.08. The average Bonchev–Trinajstić information content (AvgIpc) is 2.41. The van der Waals surface area contributed by atoms with Crippen molar-refractivity contribution in [2.75, 3.05) is 19.0 Å². The first-order chi connectivity index (χ1) is 7.16. The van der Waals surface area contributed by atoms with Crippen molar-refractivity contribution in [2.45, 2.75) is 33.2 Å². The molecule has 0 bridgehead atoms. The number of carbonyl (C=O) groups is 1. The molecule has 0 aliphatic carbocycles. The lowest BCUT2D eigenvalue weighted by molar-refractivity contribution is 0.0688. The van der Waals surface area contributed by atoms with E-state index in [2.05, 4.69) is 5.10 Å². The maximum atomic E-state index is 11.0. The van der Waals surface area contributed by atoms with Crippen LogP contribution in [-0.4, -0.2) is 35.0 Å². The molecule has 1 N–H and O–H groups in total. The number of aromatic nitrogens is 2. The first-order valence-electron chi connectivity index (χ1n) is 5.17. The third-order valence-corrected chi connectivity index (χ3v) is 2.35. The Morgan fingerprint density at radius 1 is 1.38 bits per heavy atom. The van der Waals surface area contributed by atoms with Gasteiger partial charge >= 0.3 is 5.97 Å². The zero-order chi connectivity index (χ0) is 12.7. The van der Waals surface area contributed by atoms with Crippen LogP contribution in [0.25, 0.3) is 0 Å². The molecule has 1 rings (SSSR count). The van der Waals surface area contributed by atoms with Gasteiger partial charge in [-0.3, -0.25) is 0 Å². The lowest BCUT2D eigenvalue weighted by Crippen LogP contribution is -2.28. The van der Waals surface area contributed by atoms with Gasteiger partial charge in [-0.25, -0.2) is 9.48 Å². The van der Waals surface area contributed by atoms with Crippen LogP contribution in [0.2, 0.25) is 0 Å². The summed E-state index contributed by atoms with van der Waals surface area (Å²) in [7, 11) is 3.77. The van der Waals surface area contributed by atoms with Gasteiger partial charge in [0.25, 0.3) is 0 Å². The van der Waals surface area contributed by atoms with E-state index in [1.165, 1.54) is 0 Å². The molecule has 0 radical (unpaired) electrons. The average molecular weight is 225 g/mol. The van der Waals surface area contributed by atoms with Crippen molar-refractivity contribution in [3.63, 3.8) is 0 Å². The molecule has 1 aromatic heterocycles. The third-order valence-electron chi connectivity index (χ3n) is 2.35. The van der Waals surface area contributed by atoms with Gasteiger partial charge in [-0.05, 0) is 27.7 Å². The second kappa shape index (κ2) is 3.81. The van der Waals surface area contributed by atoms with E-state index in [1.54, 1.807) is 11.6 Å². The number of anilines is 1. The summed E-state index contributed by atoms with van der Waals surface area (Å²) in [6.45, 7) is 7.78. The number of aromatic carboxylic acids is 1. The molecule has 0 saturated heterocycles. The smallest absolute Gasteiger partial charge is 0.356 e. The van der Waals surface area contributed by atoms with Gasteiger partial charge in [0, 0.05) is 19.7 Å². The molecule has 0 spiro atoms. The highest BCUT2D eigenvalue weighted by Crippen LogP contribution is 2.27. The lowest BCUT2D eigenvalue weighted by Gasteiger charge is -2.25. The second-order valence-electron chi connectivity index (χ2n) is 5.08. The fourth-order valence-corrected chi connectivity index (χ4v) is 1.68. The molecule has 0 saturated carbocycles. The molecule has 5 nitrogen and oxygen atoms in total. The standard InChI is InChI=1S/C11H19N3O2/c1-7-8(10(15)16)12-14(11(2,3)4)9(7)13(5)6/h1-6H3,(H,15,16). The summed E-state index contributed by atoms with van der Waals surface area (Å²) in [4.78, 5) is 12.9. The van der Waals surface area contributed by atoms with Crippen molar-refractivity contribution in [2.24, 2.45) is 0 Å². The van der Waals surface area contributed by atoms with Crippen molar-refractivity contribution in [1.29, 1.82) is 0 Å². The Kier molecular flexibility index (Phi) is 2.99. The number of hydrogen-bond acceptors (Lipinski definition) is 3. The molecule has 0 amide bonds. The number of nitrogens with zero attached hydrogens (tertiary/aromatic N) is 3. The number of carboxylic acid groups (broad SMARTS) is 1. The topological polar surface area (TPSA) is 58.4 Å². The summed E-state index contributed by atoms with van der Waals surface area (Å²) in [5.41, 5.74) is 0.587. The molecule has 1 aromatic rings. The van der Waals surface area contributed by atoms with Crippen LogP contribution in [0.1, 0.15) is 36.8 Å². The molecular formula is C11H19N3O2. The van der Waals surface area contributed by atoms with E-state index < -0.39 is 5.97 Å². The Bertz CT molecular complexity index is 414. The molecule has 0 atom stereocenters. The minimum Gasteiger partial charge on any atom is -0.476 e. The van der Waals surface area contributed by atoms with Crippen molar-refractivity contribution >= 4 is 11.8 Å². The minimum atomic E-state index is -0.983. The van der Waals surface area contributed by atoms with Gasteiger partial charge in [0.2, 0.25) is 0 Å². The van der Waals surface area contributed by atoms with E-state index in [1.807, 2.05) is 39.8 Å². The van der Waals surface area contributed by atoms with Gasteiger partial charge in [0.15, 0.2) is 5.69 Å². The highest BCUT2D eigenvalue weighted by atomic mass is 16.4. The molecule has 0 unspecified atom stereocenters. The largest absolute Gasteiger partial charge is 0.476 e. The van der Waals surface area contributed by atoms with Crippen LogP contribution in [0.3, 0.4) is 0 Å². The maximum Gasteiger partial charge on any atom is 0.356 e. The van der Waals surface area contributed by atoms with Gasteiger partial charge < -0.3 is 10.0 Å². The summed E-state index contributed by atoms with van der Waals surface area (Å²) in [6.07, 6.45) is 0. The molecule has 5 heteroatoms. The van der Waals surface area contributed by atoms with E-state index >= 15 is 0 Å². The lowest BCUT2D eigenvalue weighted by atomic mass is 10.1. The quantitative estimate of drug-likeness (QED) is 0.832. The molecule has 0 aliphatic heterocycles. The fourth-order valence-electron chi connectivity index (χ4n) is 1.68. The summed E-state index contributed by atoms with van der Waals surface area (Å²) in [5, 5.41) is 13.2. The summed E-state index contributed by atoms with van der Waals surface area (Å²) >= 11 is 0. The first kappa shape index (κ1) is 12.5. The zero-order valence-corrected chi connectivity index (χ0v) is 10.7. The normalized spacial score (nSPS) is 11.6. The number of carboxylic acids is 1. The maximum absolute atomic E-state index is 11.0. The summed E-state index contributed by atoms with van der Waals surface area (Å²) < 4.78 is 1.76. The van der Waals surface area contributed by atoms with Crippen molar-refractivity contribution in [1.82, 2.24) is 9.78 Å². The Morgan fingerprint density at radius 3 is 2.12 bits per heavy atom. The Labute approximate surface area is 95.7 Å². The monoisotopic (exact) mass is 225 g/mol. The van der Waals surface area contributed by atoms with E-state index in [4.69, 9.17) is 5.11 Å². The van der Waals surface area contributed by atoms with E-state index in [9.17, 15) is 4.79 Å². The predicted octanol–water partition coefficient (Wildman–Crippen LogP) is 1.71. The van der Waals surface area contributed by atoms with Gasteiger partial charge in [0.1, 0.15) is 5.82 Å². The number of rotatable bonds is 2. The van der Waals surface area contributed by atoms with Gasteiger partial charge in [0.05, 0.1) is 5.54 Å². The molecule has 0 aliphatic rings. The molecular weight excluding hydrogens is 206 g/mol. The van der Waals surface area contributed by atoms with Gasteiger partial charge in [-0.1, -0.05) is 0 Å². The Balaban J connectivity index is 3.50. The summed E-state index contributed by atoms with van der Waals surface area (Å²) in [5.74, 6) is -0.145. The van der Waals surface area contributed by atoms with E-state index in [-0.39, 0.29) is 11.2 Å². The van der Waals surface area contributed by atoms with Crippen LogP contribution < -0.4 is 4.90 Å². The number of hydrogen-bond donors (Lipinski definition) is 1. The molecule has 90 valence electrons. The van der Waals surface area contributed by atoms with Crippen molar-refractivity contribution in [3.05, 3.63) is 11.3 Å². The predicted molar refractivity (Wildman–Crippen MR) is 63.2 cm³/mol. The molecule has 16 heavy (non-hydrogen) atoms. The van der Waals surface area contributed by atoms with Gasteiger partial charge in [-0.2, -0.15) is 5.10 Å². The van der Waals surface area contributed by atoms with Crippen LogP contribution in [-0.2, 0) is 5.54 Å². The SMILES string of the molecule is Cc1c(C(=O)O)nn(C(C)(C)C)c1N(C)C. The minimum absolute atomic E-state index is 0.124. The van der Waals surface area contributed by atoms with Gasteiger partial charge in [-0.15, -0.1) is 0 Å². The van der Waals surface area contributed by atoms with Crippen LogP contribution in [0, 0.1) is 6.92 Å². The highest BCUT2D eigenvalue weighted by molar-refractivity contribution is 5.88. The molecule has 1 heterocycles. The van der Waals surface area contributed by atoms with Crippen molar-refractivity contribution < 1.29 is 9.90 Å². The van der Waals surface area contributed by atoms with Crippen LogP contribution in [0.4, 0.5) is 5.82 Å². The Hall–Kier alpha value is -1.52. The van der Waals surface area contributed by atoms with Crippen LogP contribution in [0.5, 0.6) is 0 Å². The van der Waals surface area contributed by atoms with Crippen LogP contribution >= 0.6 is 0 Å². The first-order valence-corrected chi connectivity index (χ1v) is 5.17. The fraction of sp³-hybridized carbons (Fsp3) is 0.636. The highest BCUT2D eigenvalue weighted by Gasteiger charge is 2.26.